The van der Waals surface area contributed by atoms with Crippen molar-refractivity contribution >= 4 is 6.09 Å². The largest absolute Gasteiger partial charge is 0.449 e. The van der Waals surface area contributed by atoms with Crippen LogP contribution in [-0.2, 0) is 4.74 Å². The number of benzene rings is 4. The molecule has 4 aromatic carbocycles. The van der Waals surface area contributed by atoms with Gasteiger partial charge in [-0.25, -0.2) is 4.79 Å². The van der Waals surface area contributed by atoms with Gasteiger partial charge in [0.15, 0.2) is 0 Å². The zero-order valence-electron chi connectivity index (χ0n) is 18.1. The Morgan fingerprint density at radius 2 is 1.30 bits per heavy atom. The highest BCUT2D eigenvalue weighted by Gasteiger charge is 2.28. The van der Waals surface area contributed by atoms with Gasteiger partial charge in [-0.05, 0) is 39.4 Å². The molecule has 3 nitrogen and oxygen atoms in total. The Morgan fingerprint density at radius 1 is 0.727 bits per heavy atom. The number of carbonyl (C=O) groups excluding carboxylic acids is 1. The molecule has 0 saturated carbocycles. The highest BCUT2D eigenvalue weighted by atomic mass is 16.5. The molecule has 0 bridgehead atoms. The van der Waals surface area contributed by atoms with Gasteiger partial charge in [0.25, 0.3) is 0 Å². The molecule has 0 fully saturated rings. The van der Waals surface area contributed by atoms with E-state index in [2.05, 4.69) is 59.6 Å². The second kappa shape index (κ2) is 9.46. The van der Waals surface area contributed by atoms with Gasteiger partial charge in [-0.1, -0.05) is 109 Å². The highest BCUT2D eigenvalue weighted by Crippen LogP contribution is 2.44. The number of carbonyl (C=O) groups is 1. The molecular weight excluding hydrogens is 406 g/mol. The molecule has 3 heteroatoms. The first-order valence-electron chi connectivity index (χ1n) is 11.0. The third-order valence-corrected chi connectivity index (χ3v) is 5.90. The fourth-order valence-electron chi connectivity index (χ4n) is 4.37. The van der Waals surface area contributed by atoms with Crippen molar-refractivity contribution in [3.05, 3.63) is 120 Å². The van der Waals surface area contributed by atoms with Crippen molar-refractivity contribution in [1.82, 2.24) is 5.32 Å². The SMILES string of the molecule is O=C(NCC#Cc1ccccc1-c1ccccc1)OCC1c2ccccc2-c2ccccc21. The van der Waals surface area contributed by atoms with Crippen LogP contribution in [0.3, 0.4) is 0 Å². The number of hydrogen-bond donors (Lipinski definition) is 1. The number of ether oxygens (including phenoxy) is 1. The molecule has 0 aliphatic heterocycles. The summed E-state index contributed by atoms with van der Waals surface area (Å²) in [5.41, 5.74) is 7.94. The smallest absolute Gasteiger partial charge is 0.407 e. The van der Waals surface area contributed by atoms with Gasteiger partial charge >= 0.3 is 6.09 Å². The molecule has 4 aromatic rings. The molecule has 0 spiro atoms. The molecule has 0 radical (unpaired) electrons. The van der Waals surface area contributed by atoms with E-state index in [1.807, 2.05) is 60.7 Å². The van der Waals surface area contributed by atoms with Crippen LogP contribution in [0.1, 0.15) is 22.6 Å². The Morgan fingerprint density at radius 3 is 2.00 bits per heavy atom. The Bertz CT molecular complexity index is 1300. The quantitative estimate of drug-likeness (QED) is 0.390. The van der Waals surface area contributed by atoms with Crippen molar-refractivity contribution in [3.63, 3.8) is 0 Å². The van der Waals surface area contributed by atoms with Crippen molar-refractivity contribution < 1.29 is 9.53 Å². The van der Waals surface area contributed by atoms with Gasteiger partial charge in [0.2, 0.25) is 0 Å². The molecule has 0 saturated heterocycles. The predicted octanol–water partition coefficient (Wildman–Crippen LogP) is 6.24. The number of amides is 1. The first-order valence-corrected chi connectivity index (χ1v) is 11.0. The zero-order valence-corrected chi connectivity index (χ0v) is 18.1. The van der Waals surface area contributed by atoms with E-state index in [9.17, 15) is 4.79 Å². The second-order valence-corrected chi connectivity index (χ2v) is 7.89. The van der Waals surface area contributed by atoms with E-state index in [4.69, 9.17) is 4.74 Å². The molecule has 5 rings (SSSR count). The van der Waals surface area contributed by atoms with Crippen LogP contribution >= 0.6 is 0 Å². The van der Waals surface area contributed by atoms with Gasteiger partial charge in [0.05, 0.1) is 6.54 Å². The average molecular weight is 430 g/mol. The molecule has 33 heavy (non-hydrogen) atoms. The van der Waals surface area contributed by atoms with E-state index >= 15 is 0 Å². The van der Waals surface area contributed by atoms with Crippen LogP contribution in [0.5, 0.6) is 0 Å². The molecule has 1 aliphatic rings. The summed E-state index contributed by atoms with van der Waals surface area (Å²) < 4.78 is 5.57. The molecule has 0 unspecified atom stereocenters. The summed E-state index contributed by atoms with van der Waals surface area (Å²) >= 11 is 0. The van der Waals surface area contributed by atoms with Gasteiger partial charge in [-0.2, -0.15) is 0 Å². The second-order valence-electron chi connectivity index (χ2n) is 7.89. The topological polar surface area (TPSA) is 38.3 Å². The van der Waals surface area contributed by atoms with E-state index < -0.39 is 6.09 Å². The Kier molecular flexibility index (Phi) is 5.91. The van der Waals surface area contributed by atoms with Crippen LogP contribution in [0, 0.1) is 11.8 Å². The monoisotopic (exact) mass is 429 g/mol. The van der Waals surface area contributed by atoms with Crippen LogP contribution in [-0.4, -0.2) is 19.2 Å². The van der Waals surface area contributed by atoms with Crippen LogP contribution in [0.2, 0.25) is 0 Å². The minimum Gasteiger partial charge on any atom is -0.449 e. The van der Waals surface area contributed by atoms with E-state index in [0.717, 1.165) is 16.7 Å². The lowest BCUT2D eigenvalue weighted by atomic mass is 9.98. The summed E-state index contributed by atoms with van der Waals surface area (Å²) in [5, 5.41) is 2.75. The molecule has 1 aliphatic carbocycles. The predicted molar refractivity (Wildman–Crippen MR) is 132 cm³/mol. The molecule has 160 valence electrons. The van der Waals surface area contributed by atoms with Gasteiger partial charge in [0.1, 0.15) is 6.61 Å². The van der Waals surface area contributed by atoms with Crippen LogP contribution < -0.4 is 5.32 Å². The normalized spacial score (nSPS) is 11.6. The molecular formula is C30H23NO2. The lowest BCUT2D eigenvalue weighted by Crippen LogP contribution is -2.26. The van der Waals surface area contributed by atoms with Crippen LogP contribution in [0.4, 0.5) is 4.79 Å². The molecule has 0 heterocycles. The number of nitrogens with one attached hydrogen (secondary N) is 1. The van der Waals surface area contributed by atoms with Crippen molar-refractivity contribution in [2.45, 2.75) is 5.92 Å². The molecule has 0 atom stereocenters. The maximum Gasteiger partial charge on any atom is 0.407 e. The van der Waals surface area contributed by atoms with Gasteiger partial charge in [-0.3, -0.25) is 0 Å². The van der Waals surface area contributed by atoms with Crippen molar-refractivity contribution in [3.8, 4) is 34.1 Å². The van der Waals surface area contributed by atoms with Crippen molar-refractivity contribution in [1.29, 1.82) is 0 Å². The number of hydrogen-bond acceptors (Lipinski definition) is 2. The maximum atomic E-state index is 12.3. The summed E-state index contributed by atoms with van der Waals surface area (Å²) in [6, 6.07) is 34.8. The van der Waals surface area contributed by atoms with Crippen LogP contribution in [0.15, 0.2) is 103 Å². The van der Waals surface area contributed by atoms with Crippen molar-refractivity contribution in [2.24, 2.45) is 0 Å². The van der Waals surface area contributed by atoms with Gasteiger partial charge in [-0.15, -0.1) is 0 Å². The van der Waals surface area contributed by atoms with E-state index in [0.29, 0.717) is 6.61 Å². The lowest BCUT2D eigenvalue weighted by Gasteiger charge is -2.14. The van der Waals surface area contributed by atoms with Crippen molar-refractivity contribution in [2.75, 3.05) is 13.2 Å². The average Bonchev–Trinajstić information content (AvgIpc) is 3.20. The zero-order chi connectivity index (χ0) is 22.5. The fraction of sp³-hybridized carbons (Fsp3) is 0.100. The van der Waals surface area contributed by atoms with Gasteiger partial charge < -0.3 is 10.1 Å². The van der Waals surface area contributed by atoms with Gasteiger partial charge in [0, 0.05) is 11.5 Å². The lowest BCUT2D eigenvalue weighted by molar-refractivity contribution is 0.144. The van der Waals surface area contributed by atoms with E-state index in [-0.39, 0.29) is 12.5 Å². The summed E-state index contributed by atoms with van der Waals surface area (Å²) in [5.74, 6) is 6.26. The minimum absolute atomic E-state index is 0.0481. The Hall–Kier alpha value is -4.29. The minimum atomic E-state index is -0.456. The fourth-order valence-corrected chi connectivity index (χ4v) is 4.37. The summed E-state index contributed by atoms with van der Waals surface area (Å²) in [7, 11) is 0. The Balaban J connectivity index is 1.21. The Labute approximate surface area is 194 Å². The molecule has 1 N–H and O–H groups in total. The van der Waals surface area contributed by atoms with Crippen LogP contribution in [0.25, 0.3) is 22.3 Å². The van der Waals surface area contributed by atoms with E-state index in [1.54, 1.807) is 0 Å². The number of alkyl carbamates (subject to hydrolysis) is 1. The summed E-state index contributed by atoms with van der Waals surface area (Å²) in [6.07, 6.45) is -0.456. The number of rotatable bonds is 4. The summed E-state index contributed by atoms with van der Waals surface area (Å²) in [4.78, 5) is 12.3. The third-order valence-electron chi connectivity index (χ3n) is 5.90. The molecule has 0 aromatic heterocycles. The highest BCUT2D eigenvalue weighted by molar-refractivity contribution is 5.79. The van der Waals surface area contributed by atoms with E-state index in [1.165, 1.54) is 22.3 Å². The first-order chi connectivity index (χ1) is 16.3. The molecule has 1 amide bonds. The first kappa shape index (κ1) is 20.6. The summed E-state index contributed by atoms with van der Waals surface area (Å²) in [6.45, 7) is 0.518. The third kappa shape index (κ3) is 4.37. The number of fused-ring (bicyclic) bond motifs is 3. The maximum absolute atomic E-state index is 12.3. The standard InChI is InChI=1S/C30H23NO2/c32-30(31-20-10-14-23-13-4-5-15-24(23)22-11-2-1-3-12-22)33-21-29-27-18-8-6-16-25(27)26-17-7-9-19-28(26)29/h1-9,11-13,15-19,29H,20-21H2,(H,31,32).